The van der Waals surface area contributed by atoms with Crippen LogP contribution in [0.25, 0.3) is 0 Å². The van der Waals surface area contributed by atoms with Crippen molar-refractivity contribution in [1.82, 2.24) is 29.8 Å². The minimum Gasteiger partial charge on any atom is -0.354 e. The lowest BCUT2D eigenvalue weighted by atomic mass is 10.2. The van der Waals surface area contributed by atoms with Crippen molar-refractivity contribution in [1.29, 1.82) is 0 Å². The van der Waals surface area contributed by atoms with Gasteiger partial charge in [0.15, 0.2) is 5.69 Å². The number of alkyl halides is 2. The number of carbonyl (C=O) groups excluding carboxylic acids is 2. The SMILES string of the molecule is CNC(=O)c1cn(C[C@@H]2CC(F)(F)CN2C(=O)c2cccn2C)nn1. The predicted molar refractivity (Wildman–Crippen MR) is 83.2 cm³/mol. The van der Waals surface area contributed by atoms with E-state index in [-0.39, 0.29) is 12.2 Å². The Labute approximate surface area is 142 Å². The fourth-order valence-electron chi connectivity index (χ4n) is 2.96. The molecule has 25 heavy (non-hydrogen) atoms. The molecular weight excluding hydrogens is 334 g/mol. The summed E-state index contributed by atoms with van der Waals surface area (Å²) in [6.07, 6.45) is 2.60. The third-order valence-corrected chi connectivity index (χ3v) is 4.20. The van der Waals surface area contributed by atoms with E-state index in [9.17, 15) is 18.4 Å². The van der Waals surface area contributed by atoms with Gasteiger partial charge in [0, 0.05) is 26.7 Å². The van der Waals surface area contributed by atoms with E-state index in [0.717, 1.165) is 4.90 Å². The molecule has 1 atom stereocenters. The number of aryl methyl sites for hydroxylation is 1. The highest BCUT2D eigenvalue weighted by Gasteiger charge is 2.47. The molecule has 2 amide bonds. The van der Waals surface area contributed by atoms with Gasteiger partial charge in [-0.25, -0.2) is 13.5 Å². The summed E-state index contributed by atoms with van der Waals surface area (Å²) in [5, 5.41) is 9.90. The van der Waals surface area contributed by atoms with Gasteiger partial charge in [0.1, 0.15) is 5.69 Å². The molecule has 3 rings (SSSR count). The molecule has 8 nitrogen and oxygen atoms in total. The maximum atomic E-state index is 13.9. The molecule has 1 saturated heterocycles. The quantitative estimate of drug-likeness (QED) is 0.870. The summed E-state index contributed by atoms with van der Waals surface area (Å²) in [6.45, 7) is -0.603. The van der Waals surface area contributed by atoms with Crippen LogP contribution in [0.5, 0.6) is 0 Å². The number of hydrogen-bond acceptors (Lipinski definition) is 4. The van der Waals surface area contributed by atoms with E-state index in [2.05, 4.69) is 15.6 Å². The summed E-state index contributed by atoms with van der Waals surface area (Å²) < 4.78 is 30.8. The van der Waals surface area contributed by atoms with Gasteiger partial charge >= 0.3 is 0 Å². The van der Waals surface area contributed by atoms with E-state index in [1.165, 1.54) is 17.9 Å². The molecule has 10 heteroatoms. The lowest BCUT2D eigenvalue weighted by molar-refractivity contribution is 0.0116. The van der Waals surface area contributed by atoms with Crippen molar-refractivity contribution < 1.29 is 18.4 Å². The zero-order valence-corrected chi connectivity index (χ0v) is 13.8. The normalized spacial score (nSPS) is 19.2. The molecule has 0 saturated carbocycles. The minimum absolute atomic E-state index is 0.0374. The van der Waals surface area contributed by atoms with Gasteiger partial charge in [-0.2, -0.15) is 0 Å². The lowest BCUT2D eigenvalue weighted by Gasteiger charge is -2.23. The third-order valence-electron chi connectivity index (χ3n) is 4.20. The fourth-order valence-corrected chi connectivity index (χ4v) is 2.96. The van der Waals surface area contributed by atoms with Gasteiger partial charge in [0.25, 0.3) is 17.7 Å². The first-order valence-electron chi connectivity index (χ1n) is 7.73. The second-order valence-electron chi connectivity index (χ2n) is 6.06. The van der Waals surface area contributed by atoms with E-state index >= 15 is 0 Å². The van der Waals surface area contributed by atoms with Crippen molar-refractivity contribution in [2.45, 2.75) is 24.9 Å². The summed E-state index contributed by atoms with van der Waals surface area (Å²) in [5.41, 5.74) is 0.430. The van der Waals surface area contributed by atoms with E-state index in [0.29, 0.717) is 5.69 Å². The van der Waals surface area contributed by atoms with Crippen LogP contribution in [0.4, 0.5) is 8.78 Å². The lowest BCUT2D eigenvalue weighted by Crippen LogP contribution is -2.39. The highest BCUT2D eigenvalue weighted by molar-refractivity contribution is 5.93. The molecule has 0 aliphatic carbocycles. The first-order valence-corrected chi connectivity index (χ1v) is 7.73. The molecule has 2 aromatic heterocycles. The van der Waals surface area contributed by atoms with Crippen molar-refractivity contribution >= 4 is 11.8 Å². The van der Waals surface area contributed by atoms with Gasteiger partial charge in [-0.3, -0.25) is 9.59 Å². The number of likely N-dealkylation sites (tertiary alicyclic amines) is 1. The second kappa shape index (κ2) is 6.26. The number of rotatable bonds is 4. The summed E-state index contributed by atoms with van der Waals surface area (Å²) in [7, 11) is 3.14. The van der Waals surface area contributed by atoms with Crippen LogP contribution in [0.15, 0.2) is 24.5 Å². The number of nitrogens with one attached hydrogen (secondary N) is 1. The Morgan fingerprint density at radius 2 is 2.20 bits per heavy atom. The van der Waals surface area contributed by atoms with E-state index in [1.54, 1.807) is 29.9 Å². The summed E-state index contributed by atoms with van der Waals surface area (Å²) in [6, 6.07) is 2.54. The van der Waals surface area contributed by atoms with Crippen LogP contribution in [0.2, 0.25) is 0 Å². The molecule has 1 aliphatic rings. The van der Waals surface area contributed by atoms with Gasteiger partial charge in [-0.05, 0) is 12.1 Å². The van der Waals surface area contributed by atoms with Crippen molar-refractivity contribution in [3.05, 3.63) is 35.9 Å². The highest BCUT2D eigenvalue weighted by atomic mass is 19.3. The standard InChI is InChI=1S/C15H18F2N6O2/c1-18-13(24)11-8-22(20-19-11)7-10-6-15(16,17)9-23(10)14(25)12-4-3-5-21(12)2/h3-5,8,10H,6-7,9H2,1-2H3,(H,18,24)/t10-/m0/s1. The molecule has 0 unspecified atom stereocenters. The average Bonchev–Trinajstić information content (AvgIpc) is 3.25. The molecule has 3 heterocycles. The molecule has 1 aliphatic heterocycles. The second-order valence-corrected chi connectivity index (χ2v) is 6.06. The molecule has 1 N–H and O–H groups in total. The first kappa shape index (κ1) is 17.1. The monoisotopic (exact) mass is 352 g/mol. The molecular formula is C15H18F2N6O2. The molecule has 2 aromatic rings. The van der Waals surface area contributed by atoms with Crippen molar-refractivity contribution in [2.24, 2.45) is 7.05 Å². The van der Waals surface area contributed by atoms with Gasteiger partial charge in [0.2, 0.25) is 0 Å². The Hall–Kier alpha value is -2.78. The van der Waals surface area contributed by atoms with Crippen molar-refractivity contribution in [3.63, 3.8) is 0 Å². The minimum atomic E-state index is -2.96. The zero-order valence-electron chi connectivity index (χ0n) is 13.8. The van der Waals surface area contributed by atoms with Crippen LogP contribution in [0.3, 0.4) is 0 Å². The summed E-state index contributed by atoms with van der Waals surface area (Å²) in [4.78, 5) is 25.3. The Bertz CT molecular complexity index is 800. The van der Waals surface area contributed by atoms with E-state index in [1.807, 2.05) is 0 Å². The highest BCUT2D eigenvalue weighted by Crippen LogP contribution is 2.33. The van der Waals surface area contributed by atoms with Crippen molar-refractivity contribution in [3.8, 4) is 0 Å². The van der Waals surface area contributed by atoms with Gasteiger partial charge in [-0.1, -0.05) is 5.21 Å². The molecule has 134 valence electrons. The first-order chi connectivity index (χ1) is 11.8. The zero-order chi connectivity index (χ0) is 18.2. The Morgan fingerprint density at radius 1 is 1.44 bits per heavy atom. The van der Waals surface area contributed by atoms with Crippen LogP contribution < -0.4 is 5.32 Å². The topological polar surface area (TPSA) is 85.0 Å². The number of hydrogen-bond donors (Lipinski definition) is 1. The molecule has 0 radical (unpaired) electrons. The van der Waals surface area contributed by atoms with E-state index < -0.39 is 36.7 Å². The fraction of sp³-hybridized carbons (Fsp3) is 0.467. The van der Waals surface area contributed by atoms with Crippen LogP contribution in [0, 0.1) is 0 Å². The Kier molecular flexibility index (Phi) is 4.27. The largest absolute Gasteiger partial charge is 0.354 e. The number of amides is 2. The third kappa shape index (κ3) is 3.37. The van der Waals surface area contributed by atoms with Crippen LogP contribution in [-0.2, 0) is 13.6 Å². The van der Waals surface area contributed by atoms with Gasteiger partial charge in [-0.15, -0.1) is 5.10 Å². The predicted octanol–water partition coefficient (Wildman–Crippen LogP) is 0.526. The average molecular weight is 352 g/mol. The maximum absolute atomic E-state index is 13.9. The van der Waals surface area contributed by atoms with Crippen molar-refractivity contribution in [2.75, 3.05) is 13.6 Å². The summed E-state index contributed by atoms with van der Waals surface area (Å²) >= 11 is 0. The van der Waals surface area contributed by atoms with Gasteiger partial charge in [0.05, 0.1) is 25.3 Å². The van der Waals surface area contributed by atoms with Crippen LogP contribution in [0.1, 0.15) is 27.4 Å². The molecule has 0 spiro atoms. The number of halogens is 2. The molecule has 0 aromatic carbocycles. The maximum Gasteiger partial charge on any atom is 0.273 e. The van der Waals surface area contributed by atoms with E-state index in [4.69, 9.17) is 0 Å². The van der Waals surface area contributed by atoms with Crippen LogP contribution >= 0.6 is 0 Å². The Balaban J connectivity index is 1.80. The van der Waals surface area contributed by atoms with Crippen LogP contribution in [-0.4, -0.2) is 61.8 Å². The molecule has 0 bridgehead atoms. The number of carbonyl (C=O) groups is 2. The number of nitrogens with zero attached hydrogens (tertiary/aromatic N) is 5. The summed E-state index contributed by atoms with van der Waals surface area (Å²) in [5.74, 6) is -3.84. The van der Waals surface area contributed by atoms with Gasteiger partial charge < -0.3 is 14.8 Å². The smallest absolute Gasteiger partial charge is 0.273 e. The number of aromatic nitrogens is 4. The Morgan fingerprint density at radius 3 is 2.84 bits per heavy atom. The molecule has 1 fully saturated rings.